The summed E-state index contributed by atoms with van der Waals surface area (Å²) in [7, 11) is 0. The van der Waals surface area contributed by atoms with Crippen LogP contribution < -0.4 is 4.74 Å². The van der Waals surface area contributed by atoms with Gasteiger partial charge in [0, 0.05) is 0 Å². The number of nitro groups is 1. The molecule has 6 nitrogen and oxygen atoms in total. The fourth-order valence-corrected chi connectivity index (χ4v) is 1.61. The number of nitro benzene ring substituents is 1. The number of ether oxygens (including phenoxy) is 2. The van der Waals surface area contributed by atoms with Crippen molar-refractivity contribution in [2.45, 2.75) is 32.8 Å². The van der Waals surface area contributed by atoms with Crippen molar-refractivity contribution in [1.82, 2.24) is 0 Å². The Bertz CT molecular complexity index is 492. The van der Waals surface area contributed by atoms with E-state index in [1.807, 2.05) is 6.92 Å². The van der Waals surface area contributed by atoms with Crippen LogP contribution in [0.15, 0.2) is 18.2 Å². The highest BCUT2D eigenvalue weighted by atomic mass is 19.1. The second kappa shape index (κ2) is 7.42. The van der Waals surface area contributed by atoms with E-state index in [1.165, 1.54) is 0 Å². The Labute approximate surface area is 115 Å². The molecular formula is C13H16FNO5. The molecule has 0 amide bonds. The molecule has 0 N–H and O–H groups in total. The number of esters is 1. The van der Waals surface area contributed by atoms with Crippen LogP contribution in [0, 0.1) is 15.9 Å². The van der Waals surface area contributed by atoms with Gasteiger partial charge in [0.15, 0.2) is 11.9 Å². The van der Waals surface area contributed by atoms with Crippen molar-refractivity contribution >= 4 is 11.7 Å². The Hall–Kier alpha value is -2.18. The Morgan fingerprint density at radius 2 is 2.15 bits per heavy atom. The van der Waals surface area contributed by atoms with E-state index < -0.39 is 28.5 Å². The molecule has 0 bridgehead atoms. The predicted octanol–water partition coefficient (Wildman–Crippen LogP) is 2.84. The third-order valence-electron chi connectivity index (χ3n) is 2.49. The minimum absolute atomic E-state index is 0.150. The molecule has 0 saturated heterocycles. The number of carbonyl (C=O) groups is 1. The number of carbonyl (C=O) groups excluding carboxylic acids is 1. The first-order valence-corrected chi connectivity index (χ1v) is 6.26. The van der Waals surface area contributed by atoms with E-state index in [0.717, 1.165) is 18.2 Å². The summed E-state index contributed by atoms with van der Waals surface area (Å²) in [5, 5.41) is 10.9. The lowest BCUT2D eigenvalue weighted by Crippen LogP contribution is -2.29. The minimum Gasteiger partial charge on any atom is -0.472 e. The Morgan fingerprint density at radius 1 is 1.45 bits per heavy atom. The molecular weight excluding hydrogens is 269 g/mol. The molecule has 1 aromatic rings. The largest absolute Gasteiger partial charge is 0.472 e. The van der Waals surface area contributed by atoms with Crippen LogP contribution in [0.2, 0.25) is 0 Å². The van der Waals surface area contributed by atoms with Crippen LogP contribution in [0.1, 0.15) is 26.7 Å². The molecule has 0 fully saturated rings. The normalized spacial score (nSPS) is 11.8. The highest BCUT2D eigenvalue weighted by Crippen LogP contribution is 2.29. The lowest BCUT2D eigenvalue weighted by molar-refractivity contribution is -0.386. The zero-order chi connectivity index (χ0) is 15.1. The first kappa shape index (κ1) is 15.9. The van der Waals surface area contributed by atoms with Crippen molar-refractivity contribution in [1.29, 1.82) is 0 Å². The Morgan fingerprint density at radius 3 is 2.70 bits per heavy atom. The molecule has 7 heteroatoms. The predicted molar refractivity (Wildman–Crippen MR) is 69.0 cm³/mol. The van der Waals surface area contributed by atoms with E-state index in [1.54, 1.807) is 6.92 Å². The molecule has 0 aliphatic heterocycles. The van der Waals surface area contributed by atoms with Crippen molar-refractivity contribution in [3.05, 3.63) is 34.1 Å². The first-order valence-electron chi connectivity index (χ1n) is 6.26. The topological polar surface area (TPSA) is 78.7 Å². The van der Waals surface area contributed by atoms with Crippen LogP contribution >= 0.6 is 0 Å². The molecule has 1 aromatic carbocycles. The lowest BCUT2D eigenvalue weighted by Gasteiger charge is -2.16. The molecule has 1 atom stereocenters. The monoisotopic (exact) mass is 285 g/mol. The molecule has 0 aromatic heterocycles. The van der Waals surface area contributed by atoms with Crippen LogP contribution in [0.5, 0.6) is 5.75 Å². The van der Waals surface area contributed by atoms with Gasteiger partial charge in [0.2, 0.25) is 0 Å². The Balaban J connectivity index is 2.98. The number of nitrogens with zero attached hydrogens (tertiary/aromatic N) is 1. The van der Waals surface area contributed by atoms with Gasteiger partial charge in [-0.05, 0) is 25.5 Å². The third-order valence-corrected chi connectivity index (χ3v) is 2.49. The van der Waals surface area contributed by atoms with Gasteiger partial charge in [0.25, 0.3) is 0 Å². The molecule has 0 spiro atoms. The number of halogens is 1. The number of hydrogen-bond acceptors (Lipinski definition) is 5. The van der Waals surface area contributed by atoms with Gasteiger partial charge in [-0.15, -0.1) is 0 Å². The molecule has 0 aliphatic carbocycles. The van der Waals surface area contributed by atoms with Gasteiger partial charge in [0.1, 0.15) is 5.82 Å². The second-order valence-electron chi connectivity index (χ2n) is 4.02. The maximum Gasteiger partial charge on any atom is 0.347 e. The zero-order valence-corrected chi connectivity index (χ0v) is 11.3. The van der Waals surface area contributed by atoms with Gasteiger partial charge < -0.3 is 9.47 Å². The van der Waals surface area contributed by atoms with Gasteiger partial charge >= 0.3 is 11.7 Å². The van der Waals surface area contributed by atoms with Crippen molar-refractivity contribution in [3.8, 4) is 5.75 Å². The standard InChI is InChI=1S/C13H16FNO5/c1-3-5-12(13(16)19-4-2)20-11-7-6-9(14)8-10(11)15(17)18/h6-8,12H,3-5H2,1-2H3. The minimum atomic E-state index is -0.941. The maximum absolute atomic E-state index is 13.0. The molecule has 0 radical (unpaired) electrons. The van der Waals surface area contributed by atoms with Gasteiger partial charge in [-0.1, -0.05) is 13.3 Å². The van der Waals surface area contributed by atoms with Gasteiger partial charge in [-0.25, -0.2) is 9.18 Å². The average Bonchev–Trinajstić information content (AvgIpc) is 2.40. The summed E-state index contributed by atoms with van der Waals surface area (Å²) in [6.07, 6.45) is 0.0513. The van der Waals surface area contributed by atoms with Crippen molar-refractivity contribution < 1.29 is 23.6 Å². The summed E-state index contributed by atoms with van der Waals surface area (Å²) in [6, 6.07) is 2.93. The summed E-state index contributed by atoms with van der Waals surface area (Å²) in [5.41, 5.74) is -0.518. The van der Waals surface area contributed by atoms with Crippen LogP contribution in [0.3, 0.4) is 0 Å². The van der Waals surface area contributed by atoms with E-state index in [2.05, 4.69) is 0 Å². The van der Waals surface area contributed by atoms with Crippen LogP contribution in [-0.2, 0) is 9.53 Å². The van der Waals surface area contributed by atoms with E-state index in [0.29, 0.717) is 12.8 Å². The van der Waals surface area contributed by atoms with Crippen molar-refractivity contribution in [2.24, 2.45) is 0 Å². The number of hydrogen-bond donors (Lipinski definition) is 0. The fourth-order valence-electron chi connectivity index (χ4n) is 1.61. The molecule has 0 aliphatic rings. The van der Waals surface area contributed by atoms with Crippen molar-refractivity contribution in [2.75, 3.05) is 6.61 Å². The lowest BCUT2D eigenvalue weighted by atomic mass is 10.2. The van der Waals surface area contributed by atoms with E-state index >= 15 is 0 Å². The number of rotatable bonds is 7. The van der Waals surface area contributed by atoms with E-state index in [9.17, 15) is 19.3 Å². The summed E-state index contributed by atoms with van der Waals surface area (Å²) in [6.45, 7) is 3.68. The summed E-state index contributed by atoms with van der Waals surface area (Å²) in [5.74, 6) is -1.48. The SMILES string of the molecule is CCCC(Oc1ccc(F)cc1[N+](=O)[O-])C(=O)OCC. The average molecular weight is 285 g/mol. The van der Waals surface area contributed by atoms with Crippen molar-refractivity contribution in [3.63, 3.8) is 0 Å². The van der Waals surface area contributed by atoms with E-state index in [4.69, 9.17) is 9.47 Å². The third kappa shape index (κ3) is 4.18. The van der Waals surface area contributed by atoms with Gasteiger partial charge in [0.05, 0.1) is 17.6 Å². The van der Waals surface area contributed by atoms with Crippen LogP contribution in [0.25, 0.3) is 0 Å². The smallest absolute Gasteiger partial charge is 0.347 e. The molecule has 1 rings (SSSR count). The van der Waals surface area contributed by atoms with Gasteiger partial charge in [-0.3, -0.25) is 10.1 Å². The summed E-state index contributed by atoms with van der Waals surface area (Å²) < 4.78 is 23.2. The zero-order valence-electron chi connectivity index (χ0n) is 11.3. The van der Waals surface area contributed by atoms with Crippen LogP contribution in [0.4, 0.5) is 10.1 Å². The highest BCUT2D eigenvalue weighted by molar-refractivity contribution is 5.75. The molecule has 0 heterocycles. The van der Waals surface area contributed by atoms with E-state index in [-0.39, 0.29) is 12.4 Å². The van der Waals surface area contributed by atoms with Gasteiger partial charge in [-0.2, -0.15) is 0 Å². The van der Waals surface area contributed by atoms with Crippen LogP contribution in [-0.4, -0.2) is 23.6 Å². The maximum atomic E-state index is 13.0. The molecule has 110 valence electrons. The molecule has 20 heavy (non-hydrogen) atoms. The second-order valence-corrected chi connectivity index (χ2v) is 4.02. The fraction of sp³-hybridized carbons (Fsp3) is 0.462. The number of benzene rings is 1. The molecule has 0 saturated carbocycles. The summed E-state index contributed by atoms with van der Waals surface area (Å²) in [4.78, 5) is 21.8. The highest BCUT2D eigenvalue weighted by Gasteiger charge is 2.25. The Kier molecular flexibility index (Phi) is 5.89. The quantitative estimate of drug-likeness (QED) is 0.437. The molecule has 1 unspecified atom stereocenters. The first-order chi connectivity index (χ1) is 9.49. The summed E-state index contributed by atoms with van der Waals surface area (Å²) >= 11 is 0.